The Balaban J connectivity index is 4.15. The first-order chi connectivity index (χ1) is 40.0. The first kappa shape index (κ1) is 78.6. The van der Waals surface area contributed by atoms with Crippen LogP contribution in [-0.2, 0) is 28.6 Å². The normalized spacial score (nSPS) is 12.2. The number of unbranched alkanes of at least 4 members (excludes halogenated alkanes) is 51. The van der Waals surface area contributed by atoms with Gasteiger partial charge in [-0.25, -0.2) is 0 Å². The highest BCUT2D eigenvalue weighted by molar-refractivity contribution is 5.71. The van der Waals surface area contributed by atoms with E-state index in [9.17, 15) is 14.4 Å². The maximum atomic E-state index is 12.9. The molecular formula is C75H140O6. The van der Waals surface area contributed by atoms with E-state index in [4.69, 9.17) is 14.2 Å². The molecule has 0 spiro atoms. The molecule has 0 saturated carbocycles. The molecular weight excluding hydrogens is 997 g/mol. The van der Waals surface area contributed by atoms with E-state index in [1.807, 2.05) is 0 Å². The van der Waals surface area contributed by atoms with Crippen LogP contribution >= 0.6 is 0 Å². The lowest BCUT2D eigenvalue weighted by Gasteiger charge is -2.18. The Hall–Kier alpha value is -2.37. The van der Waals surface area contributed by atoms with Gasteiger partial charge < -0.3 is 14.2 Å². The third-order valence-electron chi connectivity index (χ3n) is 16.6. The predicted octanol–water partition coefficient (Wildman–Crippen LogP) is 25.1. The molecule has 0 rings (SSSR count). The smallest absolute Gasteiger partial charge is 0.306 e. The van der Waals surface area contributed by atoms with Crippen LogP contribution in [-0.4, -0.2) is 37.2 Å². The van der Waals surface area contributed by atoms with Crippen LogP contribution in [0, 0.1) is 0 Å². The second-order valence-electron chi connectivity index (χ2n) is 24.8. The molecule has 0 heterocycles. The Morgan fingerprint density at radius 3 is 0.630 bits per heavy atom. The van der Waals surface area contributed by atoms with Crippen molar-refractivity contribution in [2.24, 2.45) is 0 Å². The molecule has 0 aliphatic heterocycles. The average molecular weight is 1140 g/mol. The molecule has 0 saturated heterocycles. The van der Waals surface area contributed by atoms with Crippen LogP contribution in [0.25, 0.3) is 0 Å². The van der Waals surface area contributed by atoms with Gasteiger partial charge >= 0.3 is 17.9 Å². The largest absolute Gasteiger partial charge is 0.462 e. The predicted molar refractivity (Wildman–Crippen MR) is 353 cm³/mol. The van der Waals surface area contributed by atoms with Crippen molar-refractivity contribution in [3.63, 3.8) is 0 Å². The monoisotopic (exact) mass is 1140 g/mol. The molecule has 0 radical (unpaired) electrons. The molecule has 476 valence electrons. The van der Waals surface area contributed by atoms with Gasteiger partial charge in [-0.15, -0.1) is 0 Å². The lowest BCUT2D eigenvalue weighted by atomic mass is 10.0. The molecule has 6 nitrogen and oxygen atoms in total. The Kier molecular flexibility index (Phi) is 68.1. The van der Waals surface area contributed by atoms with Crippen LogP contribution < -0.4 is 0 Å². The van der Waals surface area contributed by atoms with Crippen molar-refractivity contribution in [3.8, 4) is 0 Å². The van der Waals surface area contributed by atoms with Gasteiger partial charge in [0.2, 0.25) is 0 Å². The third-order valence-corrected chi connectivity index (χ3v) is 16.6. The van der Waals surface area contributed by atoms with Crippen LogP contribution in [0.4, 0.5) is 0 Å². The molecule has 0 aromatic carbocycles. The van der Waals surface area contributed by atoms with Gasteiger partial charge in [-0.2, -0.15) is 0 Å². The molecule has 0 aromatic rings. The summed E-state index contributed by atoms with van der Waals surface area (Å²) in [5.41, 5.74) is 0. The van der Waals surface area contributed by atoms with Crippen molar-refractivity contribution in [2.45, 2.75) is 412 Å². The number of ether oxygens (including phenoxy) is 3. The van der Waals surface area contributed by atoms with Crippen molar-refractivity contribution < 1.29 is 28.6 Å². The van der Waals surface area contributed by atoms with Gasteiger partial charge in [0.15, 0.2) is 6.10 Å². The Morgan fingerprint density at radius 1 is 0.235 bits per heavy atom. The molecule has 0 aromatic heterocycles. The molecule has 1 unspecified atom stereocenters. The lowest BCUT2D eigenvalue weighted by Crippen LogP contribution is -2.30. The number of carbonyl (C=O) groups excluding carboxylic acids is 3. The summed E-state index contributed by atoms with van der Waals surface area (Å²) < 4.78 is 17.0. The van der Waals surface area contributed by atoms with Crippen LogP contribution in [0.5, 0.6) is 0 Å². The van der Waals surface area contributed by atoms with Crippen LogP contribution in [0.3, 0.4) is 0 Å². The molecule has 1 atom stereocenters. The summed E-state index contributed by atoms with van der Waals surface area (Å²) in [6.07, 6.45) is 87.6. The summed E-state index contributed by atoms with van der Waals surface area (Å²) in [4.78, 5) is 38.4. The van der Waals surface area contributed by atoms with E-state index in [0.29, 0.717) is 19.3 Å². The van der Waals surface area contributed by atoms with Crippen molar-refractivity contribution >= 4 is 17.9 Å². The van der Waals surface area contributed by atoms with E-state index >= 15 is 0 Å². The molecule has 0 aliphatic carbocycles. The third kappa shape index (κ3) is 68.3. The number of carbonyl (C=O) groups is 3. The van der Waals surface area contributed by atoms with E-state index in [2.05, 4.69) is 57.2 Å². The molecule has 81 heavy (non-hydrogen) atoms. The van der Waals surface area contributed by atoms with Gasteiger partial charge in [0, 0.05) is 19.3 Å². The zero-order valence-electron chi connectivity index (χ0n) is 54.8. The van der Waals surface area contributed by atoms with Gasteiger partial charge in [-0.3, -0.25) is 14.4 Å². The van der Waals surface area contributed by atoms with E-state index in [0.717, 1.165) is 64.2 Å². The van der Waals surface area contributed by atoms with Crippen molar-refractivity contribution in [2.75, 3.05) is 13.2 Å². The fraction of sp³-hybridized carbons (Fsp3) is 0.880. The van der Waals surface area contributed by atoms with E-state index in [1.165, 1.54) is 302 Å². The lowest BCUT2D eigenvalue weighted by molar-refractivity contribution is -0.167. The fourth-order valence-electron chi connectivity index (χ4n) is 11.1. The number of allylic oxidation sites excluding steroid dienone is 6. The van der Waals surface area contributed by atoms with Gasteiger partial charge in [0.05, 0.1) is 0 Å². The van der Waals surface area contributed by atoms with E-state index < -0.39 is 6.10 Å². The molecule has 0 aliphatic rings. The Bertz CT molecular complexity index is 1350. The highest BCUT2D eigenvalue weighted by Crippen LogP contribution is 2.18. The first-order valence-electron chi connectivity index (χ1n) is 36.5. The highest BCUT2D eigenvalue weighted by atomic mass is 16.6. The van der Waals surface area contributed by atoms with Crippen molar-refractivity contribution in [1.29, 1.82) is 0 Å². The second-order valence-corrected chi connectivity index (χ2v) is 24.8. The topological polar surface area (TPSA) is 78.9 Å². The van der Waals surface area contributed by atoms with E-state index in [1.54, 1.807) is 0 Å². The minimum absolute atomic E-state index is 0.0709. The number of rotatable bonds is 68. The standard InChI is InChI=1S/C75H140O6/c1-4-7-10-13-16-19-22-25-27-29-31-32-33-34-35-36-37-38-39-40-41-42-44-45-47-50-53-56-59-62-65-68-74(77)80-71-72(70-79-73(76)67-64-61-58-55-52-49-24-21-18-15-12-9-6-3)81-75(78)69-66-63-60-57-54-51-48-46-43-30-28-26-23-20-17-14-11-8-5-2/h21,24,26,28-29,31,72H,4-20,22-23,25,27,30,32-71H2,1-3H3/b24-21-,28-26-,31-29-. The molecule has 0 amide bonds. The molecule has 0 N–H and O–H groups in total. The summed E-state index contributed by atoms with van der Waals surface area (Å²) >= 11 is 0. The highest BCUT2D eigenvalue weighted by Gasteiger charge is 2.19. The van der Waals surface area contributed by atoms with Gasteiger partial charge in [0.1, 0.15) is 13.2 Å². The fourth-order valence-corrected chi connectivity index (χ4v) is 11.1. The number of hydrogen-bond acceptors (Lipinski definition) is 6. The van der Waals surface area contributed by atoms with Crippen LogP contribution in [0.15, 0.2) is 36.5 Å². The molecule has 0 bridgehead atoms. The Labute approximate surface area is 506 Å². The van der Waals surface area contributed by atoms with Gasteiger partial charge in [0.25, 0.3) is 0 Å². The SMILES string of the molecule is CCCCCC/C=C\CCCCCCCC(=O)OCC(COC(=O)CCCCCCCCCCCCCCCCCCCCC/C=C\CCCCCCCCCC)OC(=O)CCCCCCCCCCC/C=C\CCCCCCCC. The number of hydrogen-bond donors (Lipinski definition) is 0. The minimum atomic E-state index is -0.775. The summed E-state index contributed by atoms with van der Waals surface area (Å²) in [6, 6.07) is 0. The quantitative estimate of drug-likeness (QED) is 0.0261. The van der Waals surface area contributed by atoms with Crippen molar-refractivity contribution in [3.05, 3.63) is 36.5 Å². The van der Waals surface area contributed by atoms with Crippen LogP contribution in [0.1, 0.15) is 406 Å². The summed E-state index contributed by atoms with van der Waals surface area (Å²) in [5, 5.41) is 0. The zero-order chi connectivity index (χ0) is 58.5. The van der Waals surface area contributed by atoms with Crippen LogP contribution in [0.2, 0.25) is 0 Å². The summed E-state index contributed by atoms with van der Waals surface area (Å²) in [6.45, 7) is 6.68. The zero-order valence-corrected chi connectivity index (χ0v) is 54.8. The minimum Gasteiger partial charge on any atom is -0.462 e. The van der Waals surface area contributed by atoms with Gasteiger partial charge in [-0.1, -0.05) is 327 Å². The second kappa shape index (κ2) is 70.1. The maximum absolute atomic E-state index is 12.9. The Morgan fingerprint density at radius 2 is 0.407 bits per heavy atom. The van der Waals surface area contributed by atoms with E-state index in [-0.39, 0.29) is 31.1 Å². The molecule has 6 heteroatoms. The molecule has 0 fully saturated rings. The summed E-state index contributed by atoms with van der Waals surface area (Å²) in [7, 11) is 0. The number of esters is 3. The first-order valence-corrected chi connectivity index (χ1v) is 36.5. The summed E-state index contributed by atoms with van der Waals surface area (Å²) in [5.74, 6) is -0.854. The maximum Gasteiger partial charge on any atom is 0.306 e. The van der Waals surface area contributed by atoms with Crippen molar-refractivity contribution in [1.82, 2.24) is 0 Å². The average Bonchev–Trinajstić information content (AvgIpc) is 3.46. The van der Waals surface area contributed by atoms with Gasteiger partial charge in [-0.05, 0) is 96.3 Å².